The summed E-state index contributed by atoms with van der Waals surface area (Å²) in [6, 6.07) is 20.6. The van der Waals surface area contributed by atoms with Crippen molar-refractivity contribution in [2.24, 2.45) is 10.2 Å². The van der Waals surface area contributed by atoms with Gasteiger partial charge < -0.3 is 9.84 Å². The van der Waals surface area contributed by atoms with Crippen molar-refractivity contribution in [1.29, 1.82) is 0 Å². The molecule has 238 valence electrons. The van der Waals surface area contributed by atoms with Gasteiger partial charge in [0.1, 0.15) is 22.0 Å². The van der Waals surface area contributed by atoms with Gasteiger partial charge in [0.2, 0.25) is 0 Å². The quantitative estimate of drug-likeness (QED) is 0.0911. The minimum absolute atomic E-state index is 0.0286. The highest BCUT2D eigenvalue weighted by Crippen LogP contribution is 2.46. The summed E-state index contributed by atoms with van der Waals surface area (Å²) in [7, 11) is -14.6. The van der Waals surface area contributed by atoms with Crippen LogP contribution in [-0.2, 0) is 30.3 Å². The number of halogens is 1. The first-order valence-electron chi connectivity index (χ1n) is 12.9. The van der Waals surface area contributed by atoms with Gasteiger partial charge in [0.15, 0.2) is 11.5 Å². The van der Waals surface area contributed by atoms with Gasteiger partial charge in [-0.15, -0.1) is 10.2 Å². The number of para-hydroxylation sites is 1. The molecule has 0 aliphatic heterocycles. The molecule has 0 saturated heterocycles. The monoisotopic (exact) mass is 703 g/mol. The number of ether oxygens (including phenoxy) is 1. The lowest BCUT2D eigenvalue weighted by molar-refractivity contribution is 0.472. The van der Waals surface area contributed by atoms with Crippen molar-refractivity contribution in [2.75, 3.05) is 4.72 Å². The lowest BCUT2D eigenvalue weighted by atomic mass is 10.1. The number of benzene rings is 5. The number of hydrogen-bond donors (Lipinski definition) is 4. The Morgan fingerprint density at radius 3 is 2.07 bits per heavy atom. The lowest BCUT2D eigenvalue weighted by Crippen LogP contribution is -2.14. The van der Waals surface area contributed by atoms with Crippen LogP contribution in [0.15, 0.2) is 116 Å². The van der Waals surface area contributed by atoms with Crippen LogP contribution in [-0.4, -0.2) is 39.5 Å². The Morgan fingerprint density at radius 2 is 1.43 bits per heavy atom. The van der Waals surface area contributed by atoms with Crippen LogP contribution in [0.3, 0.4) is 0 Å². The second-order valence-electron chi connectivity index (χ2n) is 9.74. The van der Waals surface area contributed by atoms with Crippen LogP contribution in [0.1, 0.15) is 5.56 Å². The molecule has 5 aromatic rings. The minimum Gasteiger partial charge on any atom is -0.505 e. The van der Waals surface area contributed by atoms with Crippen molar-refractivity contribution in [3.05, 3.63) is 102 Å². The maximum Gasteiger partial charge on any atom is 0.296 e. The zero-order valence-corrected chi connectivity index (χ0v) is 26.6. The van der Waals surface area contributed by atoms with Crippen LogP contribution in [0, 0.1) is 6.92 Å². The second kappa shape index (κ2) is 12.3. The van der Waals surface area contributed by atoms with Crippen molar-refractivity contribution in [3.63, 3.8) is 0 Å². The zero-order chi connectivity index (χ0) is 33.4. The largest absolute Gasteiger partial charge is 0.505 e. The molecule has 0 aromatic heterocycles. The van der Waals surface area contributed by atoms with E-state index in [9.17, 15) is 39.5 Å². The molecule has 0 radical (unpaired) electrons. The van der Waals surface area contributed by atoms with E-state index in [-0.39, 0.29) is 21.4 Å². The molecule has 46 heavy (non-hydrogen) atoms. The number of aromatic hydroxyl groups is 1. The molecular formula is C29H22ClN3O10S3. The fourth-order valence-corrected chi connectivity index (χ4v) is 6.71. The summed E-state index contributed by atoms with van der Waals surface area (Å²) in [6.45, 7) is 1.73. The molecule has 0 unspecified atom stereocenters. The molecule has 0 spiro atoms. The van der Waals surface area contributed by atoms with Gasteiger partial charge in [0, 0.05) is 5.02 Å². The van der Waals surface area contributed by atoms with Gasteiger partial charge in [-0.05, 0) is 73.0 Å². The Bertz CT molecular complexity index is 2350. The lowest BCUT2D eigenvalue weighted by Gasteiger charge is -2.16. The van der Waals surface area contributed by atoms with E-state index in [4.69, 9.17) is 16.3 Å². The summed E-state index contributed by atoms with van der Waals surface area (Å²) < 4.78 is 103. The van der Waals surface area contributed by atoms with E-state index in [1.54, 1.807) is 37.3 Å². The summed E-state index contributed by atoms with van der Waals surface area (Å²) in [6.07, 6.45) is 0. The normalized spacial score (nSPS) is 12.4. The van der Waals surface area contributed by atoms with E-state index in [2.05, 4.69) is 15.0 Å². The predicted molar refractivity (Wildman–Crippen MR) is 169 cm³/mol. The highest BCUT2D eigenvalue weighted by molar-refractivity contribution is 7.92. The first-order chi connectivity index (χ1) is 21.5. The molecule has 5 rings (SSSR count). The van der Waals surface area contributed by atoms with Crippen LogP contribution in [0.2, 0.25) is 5.02 Å². The molecule has 4 N–H and O–H groups in total. The first kappa shape index (κ1) is 32.8. The Labute approximate surface area is 268 Å². The van der Waals surface area contributed by atoms with Crippen LogP contribution >= 0.6 is 11.6 Å². The molecule has 0 saturated carbocycles. The Morgan fingerprint density at radius 1 is 0.761 bits per heavy atom. The van der Waals surface area contributed by atoms with Crippen molar-refractivity contribution >= 4 is 69.7 Å². The number of sulfonamides is 1. The van der Waals surface area contributed by atoms with Gasteiger partial charge >= 0.3 is 0 Å². The van der Waals surface area contributed by atoms with E-state index < -0.39 is 67.9 Å². The predicted octanol–water partition coefficient (Wildman–Crippen LogP) is 7.01. The fraction of sp³-hybridized carbons (Fsp3) is 0.0345. The number of rotatable bonds is 9. The minimum atomic E-state index is -5.18. The van der Waals surface area contributed by atoms with Crippen molar-refractivity contribution in [1.82, 2.24) is 0 Å². The third-order valence-corrected chi connectivity index (χ3v) is 9.74. The smallest absolute Gasteiger partial charge is 0.296 e. The van der Waals surface area contributed by atoms with Gasteiger partial charge in [-0.25, -0.2) is 8.42 Å². The number of azo groups is 1. The molecule has 0 aliphatic rings. The van der Waals surface area contributed by atoms with Crippen LogP contribution in [0.4, 0.5) is 17.1 Å². The number of aryl methyl sites for hydroxylation is 1. The SMILES string of the molecule is Cc1ccc(S(=O)(=O)Nc2cc(S(=O)(=O)O)cc3cc(S(=O)(=O)O)c(N=Nc4cc(Cl)ccc4Oc4ccccc4)c(O)c23)cc1. The van der Waals surface area contributed by atoms with E-state index >= 15 is 0 Å². The molecule has 0 amide bonds. The number of anilines is 1. The van der Waals surface area contributed by atoms with Gasteiger partial charge in [-0.1, -0.05) is 47.5 Å². The highest BCUT2D eigenvalue weighted by Gasteiger charge is 2.27. The molecule has 13 nitrogen and oxygen atoms in total. The van der Waals surface area contributed by atoms with Gasteiger partial charge in [-0.2, -0.15) is 16.8 Å². The zero-order valence-electron chi connectivity index (χ0n) is 23.4. The average Bonchev–Trinajstić information content (AvgIpc) is 2.97. The Hall–Kier alpha value is -4.58. The molecule has 0 atom stereocenters. The fourth-order valence-electron chi connectivity index (χ4n) is 4.28. The molecule has 0 bridgehead atoms. The summed E-state index contributed by atoms with van der Waals surface area (Å²) in [5.41, 5.74) is -0.687. The summed E-state index contributed by atoms with van der Waals surface area (Å²) in [5.74, 6) is -0.476. The summed E-state index contributed by atoms with van der Waals surface area (Å²) >= 11 is 6.13. The number of nitrogens with zero attached hydrogens (tertiary/aromatic N) is 2. The van der Waals surface area contributed by atoms with Gasteiger partial charge in [0.25, 0.3) is 30.3 Å². The summed E-state index contributed by atoms with van der Waals surface area (Å²) in [4.78, 5) is -2.10. The number of nitrogens with one attached hydrogen (secondary N) is 1. The van der Waals surface area contributed by atoms with Crippen molar-refractivity contribution in [3.8, 4) is 17.2 Å². The maximum absolute atomic E-state index is 13.3. The van der Waals surface area contributed by atoms with Crippen LogP contribution in [0.5, 0.6) is 17.2 Å². The highest BCUT2D eigenvalue weighted by atomic mass is 35.5. The number of phenolic OH excluding ortho intramolecular Hbond substituents is 1. The van der Waals surface area contributed by atoms with Crippen molar-refractivity contribution in [2.45, 2.75) is 21.6 Å². The third-order valence-electron chi connectivity index (χ3n) is 6.42. The Balaban J connectivity index is 1.74. The molecular weight excluding hydrogens is 682 g/mol. The number of phenols is 1. The second-order valence-corrected chi connectivity index (χ2v) is 14.7. The molecule has 17 heteroatoms. The van der Waals surface area contributed by atoms with Crippen LogP contribution in [0.25, 0.3) is 10.8 Å². The van der Waals surface area contributed by atoms with Crippen LogP contribution < -0.4 is 9.46 Å². The average molecular weight is 704 g/mol. The molecule has 0 aliphatic carbocycles. The van der Waals surface area contributed by atoms with Gasteiger partial charge in [-0.3, -0.25) is 13.8 Å². The van der Waals surface area contributed by atoms with E-state index in [1.165, 1.54) is 42.5 Å². The molecule has 5 aromatic carbocycles. The standard InChI is InChI=1S/C29H22ClN3O10S3/c1-17-7-10-21(11-8-17)44(35,36)33-24-16-22(45(37,38)39)13-18-14-26(46(40,41)42)28(29(34)27(18)24)32-31-23-15-19(30)9-12-25(23)43-20-5-3-2-4-6-20/h2-16,33-34H,1H3,(H,37,38,39)(H,40,41,42). The summed E-state index contributed by atoms with van der Waals surface area (Å²) in [5, 5.41) is 18.6. The van der Waals surface area contributed by atoms with Gasteiger partial charge in [0.05, 0.1) is 20.9 Å². The van der Waals surface area contributed by atoms with Crippen molar-refractivity contribution < 1.29 is 44.2 Å². The topological polar surface area (TPSA) is 209 Å². The third kappa shape index (κ3) is 7.12. The Kier molecular flexibility index (Phi) is 8.78. The first-order valence-corrected chi connectivity index (χ1v) is 17.6. The number of fused-ring (bicyclic) bond motifs is 1. The van der Waals surface area contributed by atoms with E-state index in [0.717, 1.165) is 23.8 Å². The molecule has 0 fully saturated rings. The van der Waals surface area contributed by atoms with E-state index in [1.807, 2.05) is 0 Å². The molecule has 0 heterocycles. The number of hydrogen-bond acceptors (Lipinski definition) is 10. The van der Waals surface area contributed by atoms with E-state index in [0.29, 0.717) is 5.75 Å². The maximum atomic E-state index is 13.3.